The van der Waals surface area contributed by atoms with Crippen molar-refractivity contribution in [2.45, 2.75) is 6.54 Å². The van der Waals surface area contributed by atoms with Crippen molar-refractivity contribution >= 4 is 34.5 Å². The van der Waals surface area contributed by atoms with Gasteiger partial charge in [0, 0.05) is 11.4 Å². The van der Waals surface area contributed by atoms with Crippen molar-refractivity contribution in [1.82, 2.24) is 5.32 Å². The summed E-state index contributed by atoms with van der Waals surface area (Å²) in [6.45, 7) is 0.895. The highest BCUT2D eigenvalue weighted by Crippen LogP contribution is 2.31. The van der Waals surface area contributed by atoms with E-state index in [9.17, 15) is 0 Å². The van der Waals surface area contributed by atoms with E-state index in [4.69, 9.17) is 23.2 Å². The van der Waals surface area contributed by atoms with Crippen LogP contribution in [0, 0.1) is 0 Å². The predicted molar refractivity (Wildman–Crippen MR) is 72.5 cm³/mol. The Labute approximate surface area is 109 Å². The summed E-state index contributed by atoms with van der Waals surface area (Å²) in [7, 11) is 1.94. The van der Waals surface area contributed by atoms with Crippen LogP contribution in [-0.2, 0) is 6.54 Å². The van der Waals surface area contributed by atoms with Gasteiger partial charge in [0.1, 0.15) is 0 Å². The maximum atomic E-state index is 5.99. The van der Waals surface area contributed by atoms with E-state index >= 15 is 0 Å². The minimum absolute atomic E-state index is 0.594. The Hall–Kier alpha value is -0.540. The summed E-state index contributed by atoms with van der Waals surface area (Å²) in [6, 6.07) is 7.88. The lowest BCUT2D eigenvalue weighted by atomic mass is 10.1. The molecule has 0 fully saturated rings. The molecule has 0 aliphatic carbocycles. The third kappa shape index (κ3) is 2.58. The molecule has 1 aromatic heterocycles. The second-order valence-electron chi connectivity index (χ2n) is 3.46. The van der Waals surface area contributed by atoms with E-state index in [2.05, 4.69) is 16.8 Å². The minimum atomic E-state index is 0.594. The molecule has 0 spiro atoms. The van der Waals surface area contributed by atoms with E-state index in [1.807, 2.05) is 25.2 Å². The fraction of sp³-hybridized carbons (Fsp3) is 0.167. The van der Waals surface area contributed by atoms with Crippen LogP contribution in [0.4, 0.5) is 0 Å². The van der Waals surface area contributed by atoms with Gasteiger partial charge in [-0.1, -0.05) is 29.3 Å². The van der Waals surface area contributed by atoms with Crippen LogP contribution in [0.1, 0.15) is 4.88 Å². The van der Waals surface area contributed by atoms with Crippen molar-refractivity contribution in [2.75, 3.05) is 7.05 Å². The zero-order valence-electron chi connectivity index (χ0n) is 8.76. The van der Waals surface area contributed by atoms with Crippen LogP contribution in [0.3, 0.4) is 0 Å². The topological polar surface area (TPSA) is 12.0 Å². The fourth-order valence-corrected chi connectivity index (χ4v) is 2.68. The average molecular weight is 272 g/mol. The number of halogens is 2. The Morgan fingerprint density at radius 2 is 1.94 bits per heavy atom. The highest BCUT2D eigenvalue weighted by molar-refractivity contribution is 7.10. The maximum absolute atomic E-state index is 5.99. The summed E-state index contributed by atoms with van der Waals surface area (Å²) in [4.78, 5) is 1.31. The monoisotopic (exact) mass is 271 g/mol. The normalized spacial score (nSPS) is 10.7. The van der Waals surface area contributed by atoms with E-state index < -0.39 is 0 Å². The fourth-order valence-electron chi connectivity index (χ4n) is 1.47. The van der Waals surface area contributed by atoms with Crippen molar-refractivity contribution in [3.05, 3.63) is 44.6 Å². The summed E-state index contributed by atoms with van der Waals surface area (Å²) in [5, 5.41) is 6.46. The van der Waals surface area contributed by atoms with Crippen molar-refractivity contribution in [3.63, 3.8) is 0 Å². The molecule has 2 aromatic rings. The molecule has 0 radical (unpaired) electrons. The standard InChI is InChI=1S/C12H11Cl2NS/c1-15-6-10-4-9(7-16-10)8-2-3-11(13)12(14)5-8/h2-5,7,15H,6H2,1H3. The molecule has 0 bridgehead atoms. The van der Waals surface area contributed by atoms with Crippen LogP contribution in [0.25, 0.3) is 11.1 Å². The molecular weight excluding hydrogens is 261 g/mol. The van der Waals surface area contributed by atoms with Crippen LogP contribution in [0.5, 0.6) is 0 Å². The summed E-state index contributed by atoms with van der Waals surface area (Å²) in [5.41, 5.74) is 2.29. The minimum Gasteiger partial charge on any atom is -0.315 e. The lowest BCUT2D eigenvalue weighted by Crippen LogP contribution is -2.02. The van der Waals surface area contributed by atoms with Crippen LogP contribution in [0.2, 0.25) is 10.0 Å². The Balaban J connectivity index is 2.31. The van der Waals surface area contributed by atoms with E-state index in [0.717, 1.165) is 12.1 Å². The molecule has 4 heteroatoms. The molecule has 0 atom stereocenters. The molecule has 0 amide bonds. The van der Waals surface area contributed by atoms with Crippen LogP contribution < -0.4 is 5.32 Å². The van der Waals surface area contributed by atoms with Gasteiger partial charge in [0.15, 0.2) is 0 Å². The third-order valence-electron chi connectivity index (χ3n) is 2.26. The number of thiophene rings is 1. The van der Waals surface area contributed by atoms with Gasteiger partial charge in [-0.05, 0) is 41.8 Å². The van der Waals surface area contributed by atoms with E-state index in [1.54, 1.807) is 11.3 Å². The van der Waals surface area contributed by atoms with Gasteiger partial charge in [-0.2, -0.15) is 0 Å². The average Bonchev–Trinajstić information content (AvgIpc) is 2.71. The first kappa shape index (κ1) is 11.9. The molecular formula is C12H11Cl2NS. The largest absolute Gasteiger partial charge is 0.315 e. The molecule has 0 saturated carbocycles. The molecule has 1 aromatic carbocycles. The number of hydrogen-bond acceptors (Lipinski definition) is 2. The number of benzene rings is 1. The van der Waals surface area contributed by atoms with E-state index in [0.29, 0.717) is 10.0 Å². The SMILES string of the molecule is CNCc1cc(-c2ccc(Cl)c(Cl)c2)cs1. The molecule has 0 saturated heterocycles. The number of nitrogens with one attached hydrogen (secondary N) is 1. The Kier molecular flexibility index (Phi) is 3.87. The Bertz CT molecular complexity index is 494. The highest BCUT2D eigenvalue weighted by Gasteiger charge is 2.04. The number of rotatable bonds is 3. The molecule has 1 heterocycles. The van der Waals surface area contributed by atoms with Crippen molar-refractivity contribution in [2.24, 2.45) is 0 Å². The highest BCUT2D eigenvalue weighted by atomic mass is 35.5. The van der Waals surface area contributed by atoms with Gasteiger partial charge >= 0.3 is 0 Å². The third-order valence-corrected chi connectivity index (χ3v) is 3.93. The first-order valence-electron chi connectivity index (χ1n) is 4.88. The van der Waals surface area contributed by atoms with Crippen molar-refractivity contribution in [1.29, 1.82) is 0 Å². The maximum Gasteiger partial charge on any atom is 0.0598 e. The zero-order chi connectivity index (χ0) is 11.5. The second-order valence-corrected chi connectivity index (χ2v) is 5.27. The van der Waals surface area contributed by atoms with E-state index in [1.165, 1.54) is 10.4 Å². The predicted octanol–water partition coefficient (Wildman–Crippen LogP) is 4.44. The van der Waals surface area contributed by atoms with Crippen molar-refractivity contribution in [3.8, 4) is 11.1 Å². The lowest BCUT2D eigenvalue weighted by Gasteiger charge is -2.00. The van der Waals surface area contributed by atoms with Gasteiger partial charge in [0.2, 0.25) is 0 Å². The van der Waals surface area contributed by atoms with Gasteiger partial charge in [0.25, 0.3) is 0 Å². The van der Waals surface area contributed by atoms with Gasteiger partial charge in [-0.3, -0.25) is 0 Å². The zero-order valence-corrected chi connectivity index (χ0v) is 11.1. The summed E-state index contributed by atoms with van der Waals surface area (Å²) in [5.74, 6) is 0. The molecule has 84 valence electrons. The first-order valence-corrected chi connectivity index (χ1v) is 6.51. The Morgan fingerprint density at radius 1 is 1.12 bits per heavy atom. The van der Waals surface area contributed by atoms with Crippen molar-refractivity contribution < 1.29 is 0 Å². The molecule has 2 rings (SSSR count). The lowest BCUT2D eigenvalue weighted by molar-refractivity contribution is 0.831. The smallest absolute Gasteiger partial charge is 0.0598 e. The van der Waals surface area contributed by atoms with Crippen LogP contribution in [-0.4, -0.2) is 7.05 Å². The molecule has 0 aliphatic rings. The molecule has 1 N–H and O–H groups in total. The summed E-state index contributed by atoms with van der Waals surface area (Å²) >= 11 is 13.6. The van der Waals surface area contributed by atoms with Crippen LogP contribution >= 0.6 is 34.5 Å². The van der Waals surface area contributed by atoms with Gasteiger partial charge in [-0.25, -0.2) is 0 Å². The van der Waals surface area contributed by atoms with E-state index in [-0.39, 0.29) is 0 Å². The summed E-state index contributed by atoms with van der Waals surface area (Å²) < 4.78 is 0. The first-order chi connectivity index (χ1) is 7.70. The molecule has 16 heavy (non-hydrogen) atoms. The van der Waals surface area contributed by atoms with Crippen LogP contribution in [0.15, 0.2) is 29.6 Å². The van der Waals surface area contributed by atoms with Gasteiger partial charge in [0.05, 0.1) is 10.0 Å². The Morgan fingerprint density at radius 3 is 2.62 bits per heavy atom. The molecule has 1 nitrogen and oxygen atoms in total. The second kappa shape index (κ2) is 5.19. The van der Waals surface area contributed by atoms with Gasteiger partial charge < -0.3 is 5.32 Å². The molecule has 0 aliphatic heterocycles. The van der Waals surface area contributed by atoms with Gasteiger partial charge in [-0.15, -0.1) is 11.3 Å². The quantitative estimate of drug-likeness (QED) is 0.870. The molecule has 0 unspecified atom stereocenters. The summed E-state index contributed by atoms with van der Waals surface area (Å²) in [6.07, 6.45) is 0. The number of hydrogen-bond donors (Lipinski definition) is 1.